The van der Waals surface area contributed by atoms with E-state index in [0.29, 0.717) is 45.2 Å². The average Bonchev–Trinajstić information content (AvgIpc) is 3.15. The zero-order valence-corrected chi connectivity index (χ0v) is 31.4. The van der Waals surface area contributed by atoms with E-state index in [4.69, 9.17) is 37.1 Å². The first kappa shape index (κ1) is 50.1. The quantitative estimate of drug-likeness (QED) is 0.0177. The van der Waals surface area contributed by atoms with E-state index in [1.807, 2.05) is 0 Å². The van der Waals surface area contributed by atoms with Crippen LogP contribution in [0.3, 0.4) is 0 Å². The van der Waals surface area contributed by atoms with Crippen molar-refractivity contribution in [2.75, 3.05) is 65.8 Å². The lowest BCUT2D eigenvalue weighted by molar-refractivity contribution is -0.150. The molecule has 0 aliphatic carbocycles. The smallest absolute Gasteiger partial charge is 0.328 e. The van der Waals surface area contributed by atoms with Gasteiger partial charge in [0.2, 0.25) is 23.6 Å². The van der Waals surface area contributed by atoms with Crippen molar-refractivity contribution >= 4 is 41.5 Å². The van der Waals surface area contributed by atoms with Crippen LogP contribution in [0.1, 0.15) is 83.5 Å². The molecule has 0 saturated carbocycles. The van der Waals surface area contributed by atoms with Crippen LogP contribution in [0.15, 0.2) is 0 Å². The number of hydrogen-bond donors (Lipinski definition) is 10. The number of esters is 3. The van der Waals surface area contributed by atoms with E-state index in [9.17, 15) is 43.8 Å². The van der Waals surface area contributed by atoms with Gasteiger partial charge < -0.3 is 68.6 Å². The van der Waals surface area contributed by atoms with Crippen molar-refractivity contribution in [3.05, 3.63) is 0 Å². The molecule has 20 nitrogen and oxygen atoms in total. The van der Waals surface area contributed by atoms with Crippen molar-refractivity contribution < 1.29 is 58.0 Å². The molecule has 54 heavy (non-hydrogen) atoms. The van der Waals surface area contributed by atoms with Gasteiger partial charge in [-0.2, -0.15) is 0 Å². The maximum atomic E-state index is 12.7. The van der Waals surface area contributed by atoms with Gasteiger partial charge in [0, 0.05) is 25.3 Å². The molecule has 0 aromatic heterocycles. The predicted molar refractivity (Wildman–Crippen MR) is 196 cm³/mol. The normalized spacial score (nSPS) is 12.6. The molecule has 312 valence electrons. The van der Waals surface area contributed by atoms with Crippen LogP contribution < -0.4 is 44.2 Å². The Balaban J connectivity index is 4.53. The highest BCUT2D eigenvalue weighted by molar-refractivity contribution is 5.86. The highest BCUT2D eigenvalue weighted by Gasteiger charge is 2.24. The first-order valence-electron chi connectivity index (χ1n) is 18.6. The minimum absolute atomic E-state index is 0.0418. The van der Waals surface area contributed by atoms with Gasteiger partial charge in [-0.3, -0.25) is 28.8 Å². The summed E-state index contributed by atoms with van der Waals surface area (Å²) >= 11 is 0. The molecule has 0 radical (unpaired) electrons. The molecular formula is C34H64N8O12. The number of ether oxygens (including phenoxy) is 3. The number of aliphatic hydroxyl groups excluding tert-OH is 2. The van der Waals surface area contributed by atoms with E-state index in [2.05, 4.69) is 21.3 Å². The number of aliphatic hydroxyl groups is 2. The van der Waals surface area contributed by atoms with Crippen molar-refractivity contribution in [3.8, 4) is 0 Å². The molecule has 0 fully saturated rings. The van der Waals surface area contributed by atoms with Crippen molar-refractivity contribution in [2.24, 2.45) is 28.9 Å². The Morgan fingerprint density at radius 1 is 0.556 bits per heavy atom. The molecule has 3 unspecified atom stereocenters. The lowest BCUT2D eigenvalue weighted by atomic mass is 10.1. The standard InChI is InChI=1S/C34H64N8O12/c35-14-4-1-7-25(37)32(49)40-17-19-52-30(47)12-10-28(45)39-16-6-3-9-27(34(51)54-23-24(21-43)22-44)42-29(46)11-13-31(48)53-20-18-41-33(50)26(38)8-2-5-15-36/h24-27,43-44H,1-23,35-38H2,(H,39,45)(H,40,49)(H,41,50)(H,42,46). The van der Waals surface area contributed by atoms with Gasteiger partial charge in [0.25, 0.3) is 0 Å². The summed E-state index contributed by atoms with van der Waals surface area (Å²) in [5, 5.41) is 28.9. The Morgan fingerprint density at radius 3 is 1.52 bits per heavy atom. The molecular weight excluding hydrogens is 712 g/mol. The molecule has 0 aromatic carbocycles. The van der Waals surface area contributed by atoms with Crippen LogP contribution in [0.2, 0.25) is 0 Å². The second-order valence-electron chi connectivity index (χ2n) is 12.6. The number of nitrogens with one attached hydrogen (secondary N) is 4. The van der Waals surface area contributed by atoms with Gasteiger partial charge in [-0.25, -0.2) is 4.79 Å². The predicted octanol–water partition coefficient (Wildman–Crippen LogP) is -3.31. The Kier molecular flexibility index (Phi) is 30.1. The van der Waals surface area contributed by atoms with E-state index in [1.165, 1.54) is 0 Å². The molecule has 0 aliphatic rings. The van der Waals surface area contributed by atoms with Gasteiger partial charge >= 0.3 is 17.9 Å². The molecule has 0 spiro atoms. The highest BCUT2D eigenvalue weighted by Crippen LogP contribution is 2.07. The van der Waals surface area contributed by atoms with Gasteiger partial charge in [0.15, 0.2) is 0 Å². The molecule has 0 saturated heterocycles. The van der Waals surface area contributed by atoms with Crippen LogP contribution >= 0.6 is 0 Å². The van der Waals surface area contributed by atoms with Gasteiger partial charge in [-0.15, -0.1) is 0 Å². The first-order valence-corrected chi connectivity index (χ1v) is 18.6. The minimum atomic E-state index is -1.11. The summed E-state index contributed by atoms with van der Waals surface area (Å²) in [5.74, 6) is -4.57. The lowest BCUT2D eigenvalue weighted by Crippen LogP contribution is -2.43. The number of rotatable bonds is 33. The summed E-state index contributed by atoms with van der Waals surface area (Å²) in [5.41, 5.74) is 22.4. The maximum absolute atomic E-state index is 12.7. The summed E-state index contributed by atoms with van der Waals surface area (Å²) in [6.45, 7) is 0.0537. The number of carbonyl (C=O) groups is 7. The molecule has 0 bridgehead atoms. The number of unbranched alkanes of at least 4 members (excludes halogenated alkanes) is 3. The molecule has 0 rings (SSSR count). The number of hydrogen-bond acceptors (Lipinski definition) is 16. The second kappa shape index (κ2) is 32.5. The number of nitrogens with two attached hydrogens (primary N) is 4. The van der Waals surface area contributed by atoms with Crippen LogP contribution in [-0.2, 0) is 47.8 Å². The Bertz CT molecular complexity index is 1110. The van der Waals surface area contributed by atoms with Crippen LogP contribution in [0, 0.1) is 5.92 Å². The van der Waals surface area contributed by atoms with Gasteiger partial charge in [0.05, 0.1) is 57.8 Å². The third-order valence-electron chi connectivity index (χ3n) is 7.89. The second-order valence-corrected chi connectivity index (χ2v) is 12.6. The third-order valence-corrected chi connectivity index (χ3v) is 7.89. The Morgan fingerprint density at radius 2 is 1.04 bits per heavy atom. The van der Waals surface area contributed by atoms with E-state index in [0.717, 1.165) is 19.3 Å². The number of amides is 4. The number of carbonyl (C=O) groups excluding carboxylic acids is 7. The molecule has 0 heterocycles. The summed E-state index contributed by atoms with van der Waals surface area (Å²) in [4.78, 5) is 85.5. The summed E-state index contributed by atoms with van der Waals surface area (Å²) < 4.78 is 15.2. The van der Waals surface area contributed by atoms with E-state index in [-0.39, 0.29) is 83.4 Å². The monoisotopic (exact) mass is 776 g/mol. The van der Waals surface area contributed by atoms with Crippen molar-refractivity contribution in [2.45, 2.75) is 102 Å². The van der Waals surface area contributed by atoms with Gasteiger partial charge in [-0.05, 0) is 58.0 Å². The molecule has 0 aromatic rings. The van der Waals surface area contributed by atoms with Gasteiger partial charge in [0.1, 0.15) is 19.3 Å². The third kappa shape index (κ3) is 26.8. The minimum Gasteiger partial charge on any atom is -0.464 e. The average molecular weight is 777 g/mol. The topological polar surface area (TPSA) is 340 Å². The van der Waals surface area contributed by atoms with E-state index in [1.54, 1.807) is 0 Å². The van der Waals surface area contributed by atoms with E-state index < -0.39 is 67.0 Å². The van der Waals surface area contributed by atoms with Crippen molar-refractivity contribution in [1.29, 1.82) is 0 Å². The van der Waals surface area contributed by atoms with E-state index >= 15 is 0 Å². The summed E-state index contributed by atoms with van der Waals surface area (Å²) in [7, 11) is 0. The van der Waals surface area contributed by atoms with Gasteiger partial charge in [-0.1, -0.05) is 12.8 Å². The van der Waals surface area contributed by atoms with Crippen LogP contribution in [-0.4, -0.2) is 136 Å². The Labute approximate surface area is 316 Å². The van der Waals surface area contributed by atoms with Crippen LogP contribution in [0.25, 0.3) is 0 Å². The molecule has 14 N–H and O–H groups in total. The lowest BCUT2D eigenvalue weighted by Gasteiger charge is -2.19. The summed E-state index contributed by atoms with van der Waals surface area (Å²) in [6, 6.07) is -2.48. The summed E-state index contributed by atoms with van der Waals surface area (Å²) in [6.07, 6.45) is 3.94. The van der Waals surface area contributed by atoms with Crippen molar-refractivity contribution in [1.82, 2.24) is 21.3 Å². The zero-order chi connectivity index (χ0) is 40.6. The highest BCUT2D eigenvalue weighted by atomic mass is 16.5. The molecule has 4 amide bonds. The Hall–Kier alpha value is -3.95. The maximum Gasteiger partial charge on any atom is 0.328 e. The fourth-order valence-electron chi connectivity index (χ4n) is 4.56. The molecule has 3 atom stereocenters. The van der Waals surface area contributed by atoms with Crippen molar-refractivity contribution in [3.63, 3.8) is 0 Å². The zero-order valence-electron chi connectivity index (χ0n) is 31.4. The van der Waals surface area contributed by atoms with Crippen LogP contribution in [0.5, 0.6) is 0 Å². The fourth-order valence-corrected chi connectivity index (χ4v) is 4.56. The largest absolute Gasteiger partial charge is 0.464 e. The SMILES string of the molecule is NCCCCC(N)C(=O)NCCOC(=O)CCC(=O)NCCCCC(NC(=O)CCC(=O)OCCNC(=O)C(N)CCCCN)C(=O)OCC(CO)CO. The first-order chi connectivity index (χ1) is 25.9. The molecule has 0 aliphatic heterocycles. The van der Waals surface area contributed by atoms with Crippen LogP contribution in [0.4, 0.5) is 0 Å². The fraction of sp³-hybridized carbons (Fsp3) is 0.794. The molecule has 20 heteroatoms.